The van der Waals surface area contributed by atoms with E-state index in [0.29, 0.717) is 0 Å². The van der Waals surface area contributed by atoms with Gasteiger partial charge in [0.1, 0.15) is 5.75 Å². The molecular formula is C17H25N3O. The molecule has 0 saturated carbocycles. The molecule has 4 heteroatoms. The molecule has 4 nitrogen and oxygen atoms in total. The first kappa shape index (κ1) is 15.6. The number of ether oxygens (including phenoxy) is 1. The number of rotatable bonds is 5. The summed E-state index contributed by atoms with van der Waals surface area (Å²) in [5, 5.41) is 7.99. The van der Waals surface area contributed by atoms with Crippen molar-refractivity contribution in [3.63, 3.8) is 0 Å². The number of nitrogens with one attached hydrogen (secondary N) is 1. The second-order valence-corrected chi connectivity index (χ2v) is 5.48. The maximum atomic E-state index is 5.62. The van der Waals surface area contributed by atoms with E-state index in [1.54, 1.807) is 7.11 Å². The second-order valence-electron chi connectivity index (χ2n) is 5.48. The Morgan fingerprint density at radius 2 is 2.05 bits per heavy atom. The second kappa shape index (κ2) is 6.31. The summed E-state index contributed by atoms with van der Waals surface area (Å²) in [5.41, 5.74) is 5.97. The van der Waals surface area contributed by atoms with Gasteiger partial charge in [-0.2, -0.15) is 5.10 Å². The Balaban J connectivity index is 2.61. The molecule has 0 amide bonds. The highest BCUT2D eigenvalue weighted by molar-refractivity contribution is 5.49. The molecule has 0 aliphatic heterocycles. The quantitative estimate of drug-likeness (QED) is 0.919. The van der Waals surface area contributed by atoms with Crippen molar-refractivity contribution in [3.05, 3.63) is 46.3 Å². The summed E-state index contributed by atoms with van der Waals surface area (Å²) in [6.07, 6.45) is 3.01. The van der Waals surface area contributed by atoms with E-state index in [2.05, 4.69) is 49.5 Å². The molecule has 2 rings (SSSR count). The van der Waals surface area contributed by atoms with Gasteiger partial charge < -0.3 is 10.1 Å². The average molecular weight is 287 g/mol. The smallest absolute Gasteiger partial charge is 0.124 e. The van der Waals surface area contributed by atoms with Crippen LogP contribution in [0, 0.1) is 13.8 Å². The Bertz CT molecular complexity index is 631. The number of hydrogen-bond acceptors (Lipinski definition) is 3. The molecule has 1 heterocycles. The van der Waals surface area contributed by atoms with Gasteiger partial charge >= 0.3 is 0 Å². The first-order valence-corrected chi connectivity index (χ1v) is 7.36. The standard InChI is InChI=1S/C17H25N3O/c1-7-14-13(10-20(5)19-14)17(18-4)16-12(3)8-11(2)9-15(16)21-6/h8-10,17-18H,7H2,1-6H3. The van der Waals surface area contributed by atoms with Gasteiger partial charge in [0.05, 0.1) is 18.8 Å². The van der Waals surface area contributed by atoms with Crippen molar-refractivity contribution < 1.29 is 4.74 Å². The summed E-state index contributed by atoms with van der Waals surface area (Å²) >= 11 is 0. The average Bonchev–Trinajstić information content (AvgIpc) is 2.82. The van der Waals surface area contributed by atoms with E-state index in [4.69, 9.17) is 4.74 Å². The van der Waals surface area contributed by atoms with Gasteiger partial charge in [-0.05, 0) is 44.5 Å². The van der Waals surface area contributed by atoms with Crippen LogP contribution in [0.15, 0.2) is 18.3 Å². The molecule has 1 aromatic carbocycles. The van der Waals surface area contributed by atoms with Crippen molar-refractivity contribution in [3.8, 4) is 5.75 Å². The van der Waals surface area contributed by atoms with Gasteiger partial charge in [0.2, 0.25) is 0 Å². The van der Waals surface area contributed by atoms with E-state index in [9.17, 15) is 0 Å². The van der Waals surface area contributed by atoms with E-state index in [1.807, 2.05) is 18.8 Å². The van der Waals surface area contributed by atoms with Crippen molar-refractivity contribution in [2.24, 2.45) is 7.05 Å². The van der Waals surface area contributed by atoms with E-state index >= 15 is 0 Å². The summed E-state index contributed by atoms with van der Waals surface area (Å²) in [6.45, 7) is 6.37. The van der Waals surface area contributed by atoms with Crippen molar-refractivity contribution in [1.29, 1.82) is 0 Å². The number of benzene rings is 1. The van der Waals surface area contributed by atoms with E-state index in [-0.39, 0.29) is 6.04 Å². The van der Waals surface area contributed by atoms with E-state index in [1.165, 1.54) is 22.3 Å². The largest absolute Gasteiger partial charge is 0.496 e. The monoisotopic (exact) mass is 287 g/mol. The van der Waals surface area contributed by atoms with Crippen LogP contribution in [0.25, 0.3) is 0 Å². The zero-order valence-electron chi connectivity index (χ0n) is 13.8. The van der Waals surface area contributed by atoms with Gasteiger partial charge in [0.25, 0.3) is 0 Å². The molecule has 1 aromatic heterocycles. The molecule has 1 unspecified atom stereocenters. The van der Waals surface area contributed by atoms with Gasteiger partial charge in [-0.15, -0.1) is 0 Å². The zero-order valence-corrected chi connectivity index (χ0v) is 13.8. The van der Waals surface area contributed by atoms with Crippen LogP contribution in [0.3, 0.4) is 0 Å². The summed E-state index contributed by atoms with van der Waals surface area (Å²) < 4.78 is 7.51. The Labute approximate surface area is 127 Å². The van der Waals surface area contributed by atoms with Crippen LogP contribution in [-0.4, -0.2) is 23.9 Å². The molecule has 0 bridgehead atoms. The van der Waals surface area contributed by atoms with Crippen LogP contribution >= 0.6 is 0 Å². The van der Waals surface area contributed by atoms with Crippen molar-refractivity contribution in [2.75, 3.05) is 14.2 Å². The summed E-state index contributed by atoms with van der Waals surface area (Å²) in [7, 11) is 5.68. The molecular weight excluding hydrogens is 262 g/mol. The number of hydrogen-bond donors (Lipinski definition) is 1. The third kappa shape index (κ3) is 2.95. The van der Waals surface area contributed by atoms with Crippen molar-refractivity contribution in [1.82, 2.24) is 15.1 Å². The Morgan fingerprint density at radius 1 is 1.33 bits per heavy atom. The number of aryl methyl sites for hydroxylation is 4. The summed E-state index contributed by atoms with van der Waals surface area (Å²) in [5.74, 6) is 0.928. The lowest BCUT2D eigenvalue weighted by atomic mass is 9.92. The van der Waals surface area contributed by atoms with Crippen molar-refractivity contribution in [2.45, 2.75) is 33.2 Å². The van der Waals surface area contributed by atoms with Crippen LogP contribution in [-0.2, 0) is 13.5 Å². The fourth-order valence-corrected chi connectivity index (χ4v) is 3.00. The molecule has 21 heavy (non-hydrogen) atoms. The van der Waals surface area contributed by atoms with E-state index < -0.39 is 0 Å². The third-order valence-electron chi connectivity index (χ3n) is 3.87. The van der Waals surface area contributed by atoms with Crippen LogP contribution in [0.4, 0.5) is 0 Å². The minimum Gasteiger partial charge on any atom is -0.496 e. The molecule has 0 spiro atoms. The SMILES string of the molecule is CCc1nn(C)cc1C(NC)c1c(C)cc(C)cc1OC. The normalized spacial score (nSPS) is 12.5. The zero-order chi connectivity index (χ0) is 15.6. The maximum absolute atomic E-state index is 5.62. The Kier molecular flexibility index (Phi) is 4.68. The summed E-state index contributed by atoms with van der Waals surface area (Å²) in [4.78, 5) is 0. The first-order chi connectivity index (χ1) is 10.0. The van der Waals surface area contributed by atoms with Crippen LogP contribution in [0.2, 0.25) is 0 Å². The van der Waals surface area contributed by atoms with Gasteiger partial charge in [-0.1, -0.05) is 13.0 Å². The highest BCUT2D eigenvalue weighted by atomic mass is 16.5. The molecule has 0 saturated heterocycles. The fourth-order valence-electron chi connectivity index (χ4n) is 3.00. The molecule has 0 aliphatic carbocycles. The predicted molar refractivity (Wildman–Crippen MR) is 86.0 cm³/mol. The highest BCUT2D eigenvalue weighted by Crippen LogP contribution is 2.34. The molecule has 1 atom stereocenters. The fraction of sp³-hybridized carbons (Fsp3) is 0.471. The number of aromatic nitrogens is 2. The van der Waals surface area contributed by atoms with Gasteiger partial charge in [0.15, 0.2) is 0 Å². The van der Waals surface area contributed by atoms with Crippen molar-refractivity contribution >= 4 is 0 Å². The third-order valence-corrected chi connectivity index (χ3v) is 3.87. The minimum absolute atomic E-state index is 0.0872. The van der Waals surface area contributed by atoms with Gasteiger partial charge in [-0.3, -0.25) is 4.68 Å². The van der Waals surface area contributed by atoms with Crippen LogP contribution < -0.4 is 10.1 Å². The minimum atomic E-state index is 0.0872. The number of nitrogens with zero attached hydrogens (tertiary/aromatic N) is 2. The molecule has 2 aromatic rings. The Hall–Kier alpha value is -1.81. The lowest BCUT2D eigenvalue weighted by Crippen LogP contribution is -2.20. The molecule has 0 aliphatic rings. The molecule has 114 valence electrons. The summed E-state index contributed by atoms with van der Waals surface area (Å²) in [6, 6.07) is 4.38. The van der Waals surface area contributed by atoms with Crippen LogP contribution in [0.5, 0.6) is 5.75 Å². The molecule has 0 radical (unpaired) electrons. The number of methoxy groups -OCH3 is 1. The lowest BCUT2D eigenvalue weighted by molar-refractivity contribution is 0.404. The maximum Gasteiger partial charge on any atom is 0.124 e. The van der Waals surface area contributed by atoms with Gasteiger partial charge in [-0.25, -0.2) is 0 Å². The highest BCUT2D eigenvalue weighted by Gasteiger charge is 2.23. The topological polar surface area (TPSA) is 39.1 Å². The lowest BCUT2D eigenvalue weighted by Gasteiger charge is -2.22. The van der Waals surface area contributed by atoms with E-state index in [0.717, 1.165) is 17.9 Å². The molecule has 0 fully saturated rings. The molecule has 1 N–H and O–H groups in total. The van der Waals surface area contributed by atoms with Crippen LogP contribution in [0.1, 0.15) is 40.9 Å². The van der Waals surface area contributed by atoms with Gasteiger partial charge in [0, 0.05) is 24.4 Å². The first-order valence-electron chi connectivity index (χ1n) is 7.36. The Morgan fingerprint density at radius 3 is 2.62 bits per heavy atom. The predicted octanol–water partition coefficient (Wildman–Crippen LogP) is 2.92.